The van der Waals surface area contributed by atoms with Crippen LogP contribution < -0.4 is 0 Å². The minimum Gasteiger partial charge on any atom is -0.0625 e. The summed E-state index contributed by atoms with van der Waals surface area (Å²) in [6.07, 6.45) is 23.1. The summed E-state index contributed by atoms with van der Waals surface area (Å²) in [4.78, 5) is 0. The van der Waals surface area contributed by atoms with Gasteiger partial charge in [0.2, 0.25) is 0 Å². The summed E-state index contributed by atoms with van der Waals surface area (Å²) in [6.45, 7) is 2.36. The highest BCUT2D eigenvalue weighted by Crippen LogP contribution is 2.52. The molecule has 3 unspecified atom stereocenters. The van der Waals surface area contributed by atoms with E-state index in [0.29, 0.717) is 0 Å². The zero-order chi connectivity index (χ0) is 14.5. The van der Waals surface area contributed by atoms with Crippen molar-refractivity contribution in [2.45, 2.75) is 103 Å². The molecule has 0 heteroatoms. The van der Waals surface area contributed by atoms with E-state index >= 15 is 0 Å². The van der Waals surface area contributed by atoms with Gasteiger partial charge in [-0.05, 0) is 48.9 Å². The lowest BCUT2D eigenvalue weighted by atomic mass is 9.74. The van der Waals surface area contributed by atoms with Crippen LogP contribution in [0.15, 0.2) is 0 Å². The van der Waals surface area contributed by atoms with E-state index in [4.69, 9.17) is 0 Å². The molecule has 0 saturated heterocycles. The van der Waals surface area contributed by atoms with E-state index in [0.717, 1.165) is 11.8 Å². The number of rotatable bonds is 1. The van der Waals surface area contributed by atoms with E-state index in [9.17, 15) is 0 Å². The highest BCUT2D eigenvalue weighted by molar-refractivity contribution is 4.92. The Morgan fingerprint density at radius 1 is 0.429 bits per heavy atom. The SMILES string of the molecule is C1CCC(C2CCC3CCCC32)CC1.CC1CCCCC1. The Bertz CT molecular complexity index is 282. The molecule has 122 valence electrons. The first-order valence-electron chi connectivity index (χ1n) is 10.3. The summed E-state index contributed by atoms with van der Waals surface area (Å²) in [6, 6.07) is 0. The van der Waals surface area contributed by atoms with Gasteiger partial charge in [0, 0.05) is 0 Å². The molecule has 4 aliphatic carbocycles. The average Bonchev–Trinajstić information content (AvgIpc) is 3.12. The van der Waals surface area contributed by atoms with Crippen molar-refractivity contribution < 1.29 is 0 Å². The standard InChI is InChI=1S/C14H24.C7H14/c1-2-5-11(6-3-1)14-10-9-12-7-4-8-13(12)14;1-7-5-3-2-4-6-7/h11-14H,1-10H2;7H,2-6H2,1H3. The lowest BCUT2D eigenvalue weighted by molar-refractivity contribution is 0.193. The molecule has 4 saturated carbocycles. The van der Waals surface area contributed by atoms with Gasteiger partial charge in [-0.25, -0.2) is 0 Å². The van der Waals surface area contributed by atoms with Gasteiger partial charge in [0.15, 0.2) is 0 Å². The van der Waals surface area contributed by atoms with Crippen molar-refractivity contribution in [2.24, 2.45) is 29.6 Å². The highest BCUT2D eigenvalue weighted by atomic mass is 14.5. The minimum atomic E-state index is 1.04. The third-order valence-corrected chi connectivity index (χ3v) is 7.29. The first-order chi connectivity index (χ1) is 10.3. The Hall–Kier alpha value is 0. The second-order valence-corrected chi connectivity index (χ2v) is 8.74. The zero-order valence-corrected chi connectivity index (χ0v) is 14.5. The molecule has 4 rings (SSSR count). The summed E-state index contributed by atoms with van der Waals surface area (Å²) in [7, 11) is 0. The van der Waals surface area contributed by atoms with Gasteiger partial charge in [-0.15, -0.1) is 0 Å². The Morgan fingerprint density at radius 3 is 1.57 bits per heavy atom. The largest absolute Gasteiger partial charge is 0.0625 e. The molecule has 0 bridgehead atoms. The van der Waals surface area contributed by atoms with E-state index in [1.807, 2.05) is 0 Å². The Balaban J connectivity index is 0.000000160. The Morgan fingerprint density at radius 2 is 0.952 bits per heavy atom. The molecule has 0 heterocycles. The molecule has 0 amide bonds. The van der Waals surface area contributed by atoms with Crippen molar-refractivity contribution in [3.8, 4) is 0 Å². The van der Waals surface area contributed by atoms with Crippen LogP contribution in [0.2, 0.25) is 0 Å². The van der Waals surface area contributed by atoms with Gasteiger partial charge in [-0.1, -0.05) is 84.0 Å². The molecule has 0 N–H and O–H groups in total. The lowest BCUT2D eigenvalue weighted by Crippen LogP contribution is -2.21. The molecule has 0 nitrogen and oxygen atoms in total. The Labute approximate surface area is 133 Å². The van der Waals surface area contributed by atoms with Crippen LogP contribution >= 0.6 is 0 Å². The maximum absolute atomic E-state index is 2.36. The van der Waals surface area contributed by atoms with Crippen molar-refractivity contribution in [3.05, 3.63) is 0 Å². The van der Waals surface area contributed by atoms with Crippen molar-refractivity contribution in [2.75, 3.05) is 0 Å². The molecule has 4 fully saturated rings. The van der Waals surface area contributed by atoms with Crippen molar-refractivity contribution in [3.63, 3.8) is 0 Å². The number of hydrogen-bond acceptors (Lipinski definition) is 0. The number of fused-ring (bicyclic) bond motifs is 1. The summed E-state index contributed by atoms with van der Waals surface area (Å²) in [5.41, 5.74) is 0. The monoisotopic (exact) mass is 290 g/mol. The van der Waals surface area contributed by atoms with Crippen LogP contribution in [0.3, 0.4) is 0 Å². The second-order valence-electron chi connectivity index (χ2n) is 8.74. The van der Waals surface area contributed by atoms with Crippen LogP contribution in [0.5, 0.6) is 0 Å². The van der Waals surface area contributed by atoms with Crippen LogP contribution in [0.25, 0.3) is 0 Å². The molecule has 3 atom stereocenters. The molecule has 21 heavy (non-hydrogen) atoms. The zero-order valence-electron chi connectivity index (χ0n) is 14.5. The molecular formula is C21H38. The third kappa shape index (κ3) is 4.26. The molecule has 0 radical (unpaired) electrons. The Kier molecular flexibility index (Phi) is 6.07. The maximum Gasteiger partial charge on any atom is -0.0355 e. The second kappa shape index (κ2) is 8.02. The fourth-order valence-electron chi connectivity index (χ4n) is 6.06. The molecular weight excluding hydrogens is 252 g/mol. The van der Waals surface area contributed by atoms with Gasteiger partial charge < -0.3 is 0 Å². The van der Waals surface area contributed by atoms with E-state index < -0.39 is 0 Å². The van der Waals surface area contributed by atoms with Gasteiger partial charge in [0.05, 0.1) is 0 Å². The van der Waals surface area contributed by atoms with Gasteiger partial charge in [-0.3, -0.25) is 0 Å². The van der Waals surface area contributed by atoms with Gasteiger partial charge >= 0.3 is 0 Å². The van der Waals surface area contributed by atoms with Crippen LogP contribution in [0.4, 0.5) is 0 Å². The number of hydrogen-bond donors (Lipinski definition) is 0. The van der Waals surface area contributed by atoms with Gasteiger partial charge in [-0.2, -0.15) is 0 Å². The predicted molar refractivity (Wildman–Crippen MR) is 92.4 cm³/mol. The fraction of sp³-hybridized carbons (Fsp3) is 1.00. The van der Waals surface area contributed by atoms with E-state index in [2.05, 4.69) is 6.92 Å². The van der Waals surface area contributed by atoms with Gasteiger partial charge in [0.25, 0.3) is 0 Å². The van der Waals surface area contributed by atoms with Crippen LogP contribution in [-0.4, -0.2) is 0 Å². The quantitative estimate of drug-likeness (QED) is 0.488. The smallest absolute Gasteiger partial charge is 0.0355 e. The summed E-state index contributed by atoms with van der Waals surface area (Å²) >= 11 is 0. The highest BCUT2D eigenvalue weighted by Gasteiger charge is 2.42. The first kappa shape index (κ1) is 15.9. The van der Waals surface area contributed by atoms with Crippen LogP contribution in [-0.2, 0) is 0 Å². The predicted octanol–water partition coefficient (Wildman–Crippen LogP) is 6.98. The van der Waals surface area contributed by atoms with E-state index in [1.54, 1.807) is 57.8 Å². The fourth-order valence-corrected chi connectivity index (χ4v) is 6.06. The normalized spacial score (nSPS) is 37.9. The average molecular weight is 291 g/mol. The first-order valence-corrected chi connectivity index (χ1v) is 10.3. The minimum absolute atomic E-state index is 1.04. The molecule has 0 aliphatic heterocycles. The van der Waals surface area contributed by atoms with Crippen molar-refractivity contribution in [1.29, 1.82) is 0 Å². The van der Waals surface area contributed by atoms with Crippen molar-refractivity contribution >= 4 is 0 Å². The van der Waals surface area contributed by atoms with Crippen LogP contribution in [0.1, 0.15) is 103 Å². The molecule has 0 aromatic rings. The van der Waals surface area contributed by atoms with Crippen LogP contribution in [0, 0.1) is 29.6 Å². The third-order valence-electron chi connectivity index (χ3n) is 7.29. The summed E-state index contributed by atoms with van der Waals surface area (Å²) < 4.78 is 0. The topological polar surface area (TPSA) is 0 Å². The lowest BCUT2D eigenvalue weighted by Gasteiger charge is -2.31. The van der Waals surface area contributed by atoms with Gasteiger partial charge in [0.1, 0.15) is 0 Å². The molecule has 0 spiro atoms. The molecule has 4 aliphatic rings. The van der Waals surface area contributed by atoms with E-state index in [1.165, 1.54) is 56.3 Å². The van der Waals surface area contributed by atoms with Crippen molar-refractivity contribution in [1.82, 2.24) is 0 Å². The summed E-state index contributed by atoms with van der Waals surface area (Å²) in [5, 5.41) is 0. The molecule has 0 aromatic heterocycles. The molecule has 0 aromatic carbocycles. The maximum atomic E-state index is 2.36. The van der Waals surface area contributed by atoms with E-state index in [-0.39, 0.29) is 0 Å². The summed E-state index contributed by atoms with van der Waals surface area (Å²) in [5.74, 6) is 5.70.